The summed E-state index contributed by atoms with van der Waals surface area (Å²) < 4.78 is 10.1. The minimum absolute atomic E-state index is 0.178. The van der Waals surface area contributed by atoms with Crippen molar-refractivity contribution in [2.75, 3.05) is 7.11 Å². The number of hydrogen-bond acceptors (Lipinski definition) is 3. The smallest absolute Gasteiger partial charge is 0.450 e. The molecule has 0 aliphatic heterocycles. The average Bonchev–Trinajstić information content (AvgIpc) is 2.26. The van der Waals surface area contributed by atoms with E-state index in [2.05, 4.69) is 17.8 Å². The molecule has 4 nitrogen and oxygen atoms in total. The zero-order valence-electron chi connectivity index (χ0n) is 12.2. The van der Waals surface area contributed by atoms with Crippen molar-refractivity contribution in [1.29, 1.82) is 0 Å². The summed E-state index contributed by atoms with van der Waals surface area (Å²) in [5.41, 5.74) is 0. The molecule has 0 aliphatic carbocycles. The Balaban J connectivity index is 3.33. The van der Waals surface area contributed by atoms with Gasteiger partial charge < -0.3 is 14.3 Å². The molecule has 0 radical (unpaired) electrons. The molecule has 0 heterocycles. The molecule has 0 saturated heterocycles. The summed E-state index contributed by atoms with van der Waals surface area (Å²) in [4.78, 5) is 10.3. The molecule has 1 N–H and O–H groups in total. The van der Waals surface area contributed by atoms with Gasteiger partial charge in [0.05, 0.1) is 0 Å². The Labute approximate surface area is 112 Å². The van der Waals surface area contributed by atoms with Crippen LogP contribution >= 0.6 is 0 Å². The molecule has 0 fully saturated rings. The monoisotopic (exact) mass is 276 g/mol. The van der Waals surface area contributed by atoms with Gasteiger partial charge in [-0.25, -0.2) is 4.79 Å². The number of ether oxygens (including phenoxy) is 1. The van der Waals surface area contributed by atoms with E-state index < -0.39 is 14.5 Å². The van der Waals surface area contributed by atoms with Gasteiger partial charge in [0.15, 0.2) is 8.32 Å². The van der Waals surface area contributed by atoms with Crippen LogP contribution in [0.3, 0.4) is 0 Å². The molecule has 1 atom stereocenters. The lowest BCUT2D eigenvalue weighted by molar-refractivity contribution is 0.0548. The van der Waals surface area contributed by atoms with Crippen LogP contribution in [0.4, 0.5) is 4.79 Å². The van der Waals surface area contributed by atoms with Crippen LogP contribution in [0.1, 0.15) is 45.4 Å². The third-order valence-electron chi connectivity index (χ3n) is 3.24. The van der Waals surface area contributed by atoms with Crippen LogP contribution in [0.15, 0.2) is 0 Å². The van der Waals surface area contributed by atoms with Gasteiger partial charge in [-0.05, 0) is 38.9 Å². The molecule has 108 valence electrons. The van der Waals surface area contributed by atoms with Crippen LogP contribution < -0.4 is 0 Å². The van der Waals surface area contributed by atoms with Crippen LogP contribution in [-0.4, -0.2) is 32.8 Å². The van der Waals surface area contributed by atoms with Crippen molar-refractivity contribution in [3.63, 3.8) is 0 Å². The first-order chi connectivity index (χ1) is 8.37. The van der Waals surface area contributed by atoms with Crippen molar-refractivity contribution in [1.82, 2.24) is 0 Å². The van der Waals surface area contributed by atoms with E-state index in [4.69, 9.17) is 9.53 Å². The van der Waals surface area contributed by atoms with Crippen LogP contribution in [0.5, 0.6) is 0 Å². The summed E-state index contributed by atoms with van der Waals surface area (Å²) in [5, 5.41) is 8.43. The highest BCUT2D eigenvalue weighted by Gasteiger charge is 2.19. The maximum Gasteiger partial charge on any atom is 0.506 e. The lowest BCUT2D eigenvalue weighted by atomic mass is 10.1. The van der Waals surface area contributed by atoms with Gasteiger partial charge in [-0.3, -0.25) is 0 Å². The summed E-state index contributed by atoms with van der Waals surface area (Å²) in [6.07, 6.45) is 5.37. The fraction of sp³-hybridized carbons (Fsp3) is 0.923. The minimum Gasteiger partial charge on any atom is -0.450 e. The van der Waals surface area contributed by atoms with Gasteiger partial charge in [0.2, 0.25) is 0 Å². The van der Waals surface area contributed by atoms with E-state index in [0.717, 1.165) is 19.3 Å². The van der Waals surface area contributed by atoms with Crippen molar-refractivity contribution in [3.8, 4) is 0 Å². The Hall–Kier alpha value is -0.553. The lowest BCUT2D eigenvalue weighted by Crippen LogP contribution is -2.27. The number of unbranched alkanes of at least 4 members (excludes halogenated alkanes) is 4. The van der Waals surface area contributed by atoms with E-state index >= 15 is 0 Å². The summed E-state index contributed by atoms with van der Waals surface area (Å²) in [6.45, 7) is 6.30. The first-order valence-electron chi connectivity index (χ1n) is 6.82. The highest BCUT2D eigenvalue weighted by Crippen LogP contribution is 2.16. The van der Waals surface area contributed by atoms with E-state index in [1.165, 1.54) is 25.3 Å². The third-order valence-corrected chi connectivity index (χ3v) is 5.91. The Kier molecular flexibility index (Phi) is 9.10. The molecule has 0 aliphatic rings. The van der Waals surface area contributed by atoms with Crippen molar-refractivity contribution in [3.05, 3.63) is 0 Å². The highest BCUT2D eigenvalue weighted by atomic mass is 28.4. The predicted octanol–water partition coefficient (Wildman–Crippen LogP) is 4.26. The van der Waals surface area contributed by atoms with E-state index in [1.54, 1.807) is 6.92 Å². The van der Waals surface area contributed by atoms with Gasteiger partial charge in [-0.2, -0.15) is 0 Å². The molecule has 0 spiro atoms. The average molecular weight is 276 g/mol. The minimum atomic E-state index is -1.37. The standard InChI is InChI=1S/C13H28O4Si/c1-12(17-13(14)15)10-8-6-5-7-9-11-18(3,4)16-2/h12H,5-11H2,1-4H3,(H,14,15). The molecular formula is C13H28O4Si. The van der Waals surface area contributed by atoms with Crippen LogP contribution in [0.2, 0.25) is 19.1 Å². The normalized spacial score (nSPS) is 13.3. The topological polar surface area (TPSA) is 55.8 Å². The lowest BCUT2D eigenvalue weighted by Gasteiger charge is -2.19. The number of carbonyl (C=O) groups is 1. The maximum absolute atomic E-state index is 10.3. The van der Waals surface area contributed by atoms with Crippen LogP contribution in [0.25, 0.3) is 0 Å². The molecule has 0 aromatic heterocycles. The Morgan fingerprint density at radius 2 is 1.72 bits per heavy atom. The highest BCUT2D eigenvalue weighted by molar-refractivity contribution is 6.71. The van der Waals surface area contributed by atoms with Gasteiger partial charge in [0, 0.05) is 7.11 Å². The van der Waals surface area contributed by atoms with E-state index in [0.29, 0.717) is 0 Å². The second-order valence-electron chi connectivity index (χ2n) is 5.46. The van der Waals surface area contributed by atoms with Crippen molar-refractivity contribution in [2.24, 2.45) is 0 Å². The summed E-state index contributed by atoms with van der Waals surface area (Å²) in [6, 6.07) is 1.22. The van der Waals surface area contributed by atoms with Crippen molar-refractivity contribution >= 4 is 14.5 Å². The molecule has 0 bridgehead atoms. The van der Waals surface area contributed by atoms with E-state index in [-0.39, 0.29) is 6.10 Å². The molecule has 1 unspecified atom stereocenters. The molecule has 0 amide bonds. The zero-order chi connectivity index (χ0) is 14.0. The van der Waals surface area contributed by atoms with Gasteiger partial charge in [0.1, 0.15) is 6.10 Å². The summed E-state index contributed by atoms with van der Waals surface area (Å²) in [5.74, 6) is 0. The zero-order valence-corrected chi connectivity index (χ0v) is 13.2. The number of rotatable bonds is 10. The molecule has 5 heteroatoms. The second kappa shape index (κ2) is 9.39. The first kappa shape index (κ1) is 17.4. The van der Waals surface area contributed by atoms with Crippen LogP contribution in [0, 0.1) is 0 Å². The fourth-order valence-corrected chi connectivity index (χ4v) is 3.15. The molecule has 0 aromatic rings. The third kappa shape index (κ3) is 10.6. The van der Waals surface area contributed by atoms with E-state index in [9.17, 15) is 4.79 Å². The Morgan fingerprint density at radius 1 is 1.17 bits per heavy atom. The molecule has 0 rings (SSSR count). The first-order valence-corrected chi connectivity index (χ1v) is 9.93. The fourth-order valence-electron chi connectivity index (χ4n) is 1.85. The number of hydrogen-bond donors (Lipinski definition) is 1. The van der Waals surface area contributed by atoms with Crippen molar-refractivity contribution < 1.29 is 19.1 Å². The van der Waals surface area contributed by atoms with E-state index in [1.807, 2.05) is 7.11 Å². The summed E-state index contributed by atoms with van der Waals surface area (Å²) in [7, 11) is 0.448. The summed E-state index contributed by atoms with van der Waals surface area (Å²) >= 11 is 0. The van der Waals surface area contributed by atoms with Crippen LogP contribution in [-0.2, 0) is 9.16 Å². The molecule has 0 aromatic carbocycles. The van der Waals surface area contributed by atoms with Gasteiger partial charge in [-0.15, -0.1) is 0 Å². The Morgan fingerprint density at radius 3 is 2.28 bits per heavy atom. The molecule has 18 heavy (non-hydrogen) atoms. The van der Waals surface area contributed by atoms with Gasteiger partial charge >= 0.3 is 6.16 Å². The predicted molar refractivity (Wildman–Crippen MR) is 75.6 cm³/mol. The second-order valence-corrected chi connectivity index (χ2v) is 9.89. The molecular weight excluding hydrogens is 248 g/mol. The molecule has 0 saturated carbocycles. The Bertz CT molecular complexity index is 231. The van der Waals surface area contributed by atoms with Gasteiger partial charge in [-0.1, -0.05) is 25.7 Å². The van der Waals surface area contributed by atoms with Crippen molar-refractivity contribution in [2.45, 2.75) is 70.7 Å². The number of carboxylic acid groups (broad SMARTS) is 1. The quantitative estimate of drug-likeness (QED) is 0.368. The van der Waals surface area contributed by atoms with Gasteiger partial charge in [0.25, 0.3) is 0 Å². The largest absolute Gasteiger partial charge is 0.506 e. The SMILES string of the molecule is CO[Si](C)(C)CCCCCCCC(C)OC(=O)O. The maximum atomic E-state index is 10.3.